The number of rotatable bonds is 5. The Labute approximate surface area is 111 Å². The molecule has 2 fully saturated rings. The molecule has 0 aromatic carbocycles. The molecule has 2 aliphatic rings. The third kappa shape index (κ3) is 2.93. The SMILES string of the molecule is NCC1CCCN1CC(=O)Nc1nnc(C2CC2)o1. The van der Waals surface area contributed by atoms with E-state index in [4.69, 9.17) is 10.2 Å². The lowest BCUT2D eigenvalue weighted by molar-refractivity contribution is -0.117. The maximum atomic E-state index is 11.9. The van der Waals surface area contributed by atoms with Gasteiger partial charge in [0.05, 0.1) is 6.54 Å². The zero-order valence-electron chi connectivity index (χ0n) is 10.8. The molecule has 104 valence electrons. The second-order valence-electron chi connectivity index (χ2n) is 5.27. The monoisotopic (exact) mass is 265 g/mol. The molecule has 19 heavy (non-hydrogen) atoms. The zero-order valence-corrected chi connectivity index (χ0v) is 10.8. The average molecular weight is 265 g/mol. The predicted octanol–water partition coefficient (Wildman–Crippen LogP) is 0.309. The third-order valence-corrected chi connectivity index (χ3v) is 3.73. The minimum absolute atomic E-state index is 0.119. The first-order valence-corrected chi connectivity index (χ1v) is 6.83. The maximum absolute atomic E-state index is 11.9. The highest BCUT2D eigenvalue weighted by molar-refractivity contribution is 5.90. The number of likely N-dealkylation sites (tertiary alicyclic amines) is 1. The molecule has 0 radical (unpaired) electrons. The molecule has 1 atom stereocenters. The van der Waals surface area contributed by atoms with Crippen molar-refractivity contribution in [2.45, 2.75) is 37.6 Å². The van der Waals surface area contributed by atoms with E-state index in [1.807, 2.05) is 0 Å². The number of nitrogens with one attached hydrogen (secondary N) is 1. The molecule has 1 saturated heterocycles. The highest BCUT2D eigenvalue weighted by Gasteiger charge is 2.30. The quantitative estimate of drug-likeness (QED) is 0.795. The lowest BCUT2D eigenvalue weighted by atomic mass is 10.2. The van der Waals surface area contributed by atoms with Gasteiger partial charge in [0.25, 0.3) is 0 Å². The maximum Gasteiger partial charge on any atom is 0.322 e. The molecule has 1 aromatic heterocycles. The summed E-state index contributed by atoms with van der Waals surface area (Å²) in [6, 6.07) is 0.519. The van der Waals surface area contributed by atoms with E-state index in [1.54, 1.807) is 0 Å². The van der Waals surface area contributed by atoms with Crippen LogP contribution in [0.15, 0.2) is 4.42 Å². The van der Waals surface area contributed by atoms with Crippen molar-refractivity contribution in [3.05, 3.63) is 5.89 Å². The molecular formula is C12H19N5O2. The van der Waals surface area contributed by atoms with Crippen LogP contribution in [0.25, 0.3) is 0 Å². The van der Waals surface area contributed by atoms with Gasteiger partial charge in [-0.25, -0.2) is 0 Å². The van der Waals surface area contributed by atoms with Gasteiger partial charge in [-0.2, -0.15) is 0 Å². The molecule has 7 nitrogen and oxygen atoms in total. The Kier molecular flexibility index (Phi) is 3.48. The Bertz CT molecular complexity index is 457. The van der Waals surface area contributed by atoms with Crippen LogP contribution in [0, 0.1) is 0 Å². The number of nitrogens with two attached hydrogens (primary N) is 1. The lowest BCUT2D eigenvalue weighted by Gasteiger charge is -2.21. The summed E-state index contributed by atoms with van der Waals surface area (Å²) in [6.45, 7) is 1.86. The van der Waals surface area contributed by atoms with Crippen molar-refractivity contribution in [3.63, 3.8) is 0 Å². The first-order chi connectivity index (χ1) is 9.26. The van der Waals surface area contributed by atoms with Gasteiger partial charge in [-0.05, 0) is 32.2 Å². The Morgan fingerprint density at radius 3 is 3.00 bits per heavy atom. The summed E-state index contributed by atoms with van der Waals surface area (Å²) in [7, 11) is 0. The van der Waals surface area contributed by atoms with E-state index in [-0.39, 0.29) is 11.9 Å². The fourth-order valence-electron chi connectivity index (χ4n) is 2.49. The van der Waals surface area contributed by atoms with E-state index in [0.717, 1.165) is 32.2 Å². The van der Waals surface area contributed by atoms with Gasteiger partial charge in [0.1, 0.15) is 0 Å². The van der Waals surface area contributed by atoms with Gasteiger partial charge >= 0.3 is 6.01 Å². The van der Waals surface area contributed by atoms with Crippen LogP contribution in [0.5, 0.6) is 0 Å². The summed E-state index contributed by atoms with van der Waals surface area (Å²) in [6.07, 6.45) is 4.36. The normalized spacial score (nSPS) is 23.7. The summed E-state index contributed by atoms with van der Waals surface area (Å²) >= 11 is 0. The Morgan fingerprint density at radius 1 is 1.42 bits per heavy atom. The van der Waals surface area contributed by atoms with Gasteiger partial charge in [-0.1, -0.05) is 5.10 Å². The van der Waals surface area contributed by atoms with E-state index in [2.05, 4.69) is 20.4 Å². The van der Waals surface area contributed by atoms with Crippen LogP contribution in [0.3, 0.4) is 0 Å². The van der Waals surface area contributed by atoms with Gasteiger partial charge in [-0.3, -0.25) is 15.0 Å². The third-order valence-electron chi connectivity index (χ3n) is 3.73. The van der Waals surface area contributed by atoms with E-state index < -0.39 is 0 Å². The fourth-order valence-corrected chi connectivity index (χ4v) is 2.49. The average Bonchev–Trinajstić information content (AvgIpc) is 2.98. The van der Waals surface area contributed by atoms with Crippen molar-refractivity contribution in [1.29, 1.82) is 0 Å². The number of anilines is 1. The number of carbonyl (C=O) groups is 1. The van der Waals surface area contributed by atoms with E-state index in [0.29, 0.717) is 30.9 Å². The molecule has 0 bridgehead atoms. The van der Waals surface area contributed by atoms with Crippen LogP contribution >= 0.6 is 0 Å². The number of hydrogen-bond acceptors (Lipinski definition) is 6. The fraction of sp³-hybridized carbons (Fsp3) is 0.750. The zero-order chi connectivity index (χ0) is 13.2. The standard InChI is InChI=1S/C12H19N5O2/c13-6-9-2-1-5-17(9)7-10(18)14-12-16-15-11(19-12)8-3-4-8/h8-9H,1-7,13H2,(H,14,16,18). The molecule has 1 aromatic rings. The summed E-state index contributed by atoms with van der Waals surface area (Å²) in [5, 5.41) is 10.4. The Hall–Kier alpha value is -1.47. The molecular weight excluding hydrogens is 246 g/mol. The first kappa shape index (κ1) is 12.6. The minimum atomic E-state index is -0.119. The van der Waals surface area contributed by atoms with Crippen LogP contribution in [-0.2, 0) is 4.79 Å². The van der Waals surface area contributed by atoms with Gasteiger partial charge in [0.15, 0.2) is 0 Å². The Balaban J connectivity index is 1.52. The minimum Gasteiger partial charge on any atom is -0.408 e. The largest absolute Gasteiger partial charge is 0.408 e. The van der Waals surface area contributed by atoms with E-state index in [9.17, 15) is 4.79 Å². The van der Waals surface area contributed by atoms with Crippen LogP contribution in [0.4, 0.5) is 6.01 Å². The molecule has 1 saturated carbocycles. The second-order valence-corrected chi connectivity index (χ2v) is 5.27. The molecule has 1 aliphatic heterocycles. The molecule has 1 aliphatic carbocycles. The van der Waals surface area contributed by atoms with Crippen LogP contribution < -0.4 is 11.1 Å². The number of aromatic nitrogens is 2. The van der Waals surface area contributed by atoms with Crippen molar-refractivity contribution in [2.75, 3.05) is 25.0 Å². The van der Waals surface area contributed by atoms with Crippen molar-refractivity contribution in [2.24, 2.45) is 5.73 Å². The molecule has 1 amide bonds. The van der Waals surface area contributed by atoms with Crippen LogP contribution in [0.1, 0.15) is 37.5 Å². The highest BCUT2D eigenvalue weighted by atomic mass is 16.4. The van der Waals surface area contributed by atoms with E-state index >= 15 is 0 Å². The summed E-state index contributed by atoms with van der Waals surface area (Å²) < 4.78 is 5.40. The summed E-state index contributed by atoms with van der Waals surface area (Å²) in [5.74, 6) is 0.918. The number of amides is 1. The smallest absolute Gasteiger partial charge is 0.322 e. The molecule has 2 heterocycles. The van der Waals surface area contributed by atoms with Crippen molar-refractivity contribution in [3.8, 4) is 0 Å². The van der Waals surface area contributed by atoms with E-state index in [1.165, 1.54) is 0 Å². The van der Waals surface area contributed by atoms with Gasteiger partial charge < -0.3 is 10.2 Å². The van der Waals surface area contributed by atoms with Gasteiger partial charge in [0, 0.05) is 18.5 Å². The molecule has 0 spiro atoms. The number of hydrogen-bond donors (Lipinski definition) is 2. The number of carbonyl (C=O) groups excluding carboxylic acids is 1. The Morgan fingerprint density at radius 2 is 2.26 bits per heavy atom. The van der Waals surface area contributed by atoms with Gasteiger partial charge in [0.2, 0.25) is 11.8 Å². The van der Waals surface area contributed by atoms with Crippen molar-refractivity contribution in [1.82, 2.24) is 15.1 Å². The van der Waals surface area contributed by atoms with Crippen molar-refractivity contribution >= 4 is 11.9 Å². The molecule has 7 heteroatoms. The second kappa shape index (κ2) is 5.26. The summed E-state index contributed by atoms with van der Waals surface area (Å²) in [4.78, 5) is 14.0. The van der Waals surface area contributed by atoms with Crippen molar-refractivity contribution < 1.29 is 9.21 Å². The highest BCUT2D eigenvalue weighted by Crippen LogP contribution is 2.39. The van der Waals surface area contributed by atoms with Crippen LogP contribution in [0.2, 0.25) is 0 Å². The molecule has 1 unspecified atom stereocenters. The predicted molar refractivity (Wildman–Crippen MR) is 68.6 cm³/mol. The first-order valence-electron chi connectivity index (χ1n) is 6.83. The molecule has 3 N–H and O–H groups in total. The topological polar surface area (TPSA) is 97.3 Å². The molecule has 3 rings (SSSR count). The lowest BCUT2D eigenvalue weighted by Crippen LogP contribution is -2.40. The van der Waals surface area contributed by atoms with Gasteiger partial charge in [-0.15, -0.1) is 5.10 Å². The summed E-state index contributed by atoms with van der Waals surface area (Å²) in [5.41, 5.74) is 5.68. The number of nitrogens with zero attached hydrogens (tertiary/aromatic N) is 3. The van der Waals surface area contributed by atoms with Crippen LogP contribution in [-0.4, -0.2) is 46.7 Å².